The van der Waals surface area contributed by atoms with E-state index >= 15 is 0 Å². The molecular weight excluding hydrogens is 273 g/mol. The summed E-state index contributed by atoms with van der Waals surface area (Å²) in [7, 11) is 0. The molecule has 0 atom stereocenters. The van der Waals surface area contributed by atoms with Crippen molar-refractivity contribution in [1.29, 1.82) is 0 Å². The third-order valence-corrected chi connectivity index (χ3v) is 3.21. The standard InChI is InChI=1S/C16H12FNO3/c1-8-5-10(3-4-14(8)20)16-18-13-7-11(19)6-12(9(2)17)15(13)21-16/h3-7,19-20H,2H2,1H3. The highest BCUT2D eigenvalue weighted by atomic mass is 19.1. The minimum Gasteiger partial charge on any atom is -0.508 e. The van der Waals surface area contributed by atoms with Gasteiger partial charge >= 0.3 is 0 Å². The van der Waals surface area contributed by atoms with Crippen molar-refractivity contribution in [3.63, 3.8) is 0 Å². The third kappa shape index (κ3) is 2.23. The number of phenolic OH excluding ortho intramolecular Hbond substituents is 2. The van der Waals surface area contributed by atoms with Crippen molar-refractivity contribution in [2.75, 3.05) is 0 Å². The molecule has 0 bridgehead atoms. The number of aromatic hydroxyl groups is 2. The SMILES string of the molecule is C=C(F)c1cc(O)cc2nc(-c3ccc(O)c(C)c3)oc12. The van der Waals surface area contributed by atoms with E-state index in [9.17, 15) is 14.6 Å². The zero-order valence-corrected chi connectivity index (χ0v) is 11.2. The van der Waals surface area contributed by atoms with Gasteiger partial charge in [0.1, 0.15) is 22.8 Å². The van der Waals surface area contributed by atoms with Crippen molar-refractivity contribution in [3.8, 4) is 23.0 Å². The van der Waals surface area contributed by atoms with Crippen LogP contribution in [0.25, 0.3) is 28.4 Å². The molecule has 0 saturated heterocycles. The molecule has 0 amide bonds. The largest absolute Gasteiger partial charge is 0.508 e. The molecule has 0 aliphatic heterocycles. The van der Waals surface area contributed by atoms with Gasteiger partial charge in [0, 0.05) is 11.6 Å². The van der Waals surface area contributed by atoms with E-state index in [1.54, 1.807) is 19.1 Å². The van der Waals surface area contributed by atoms with Crippen LogP contribution in [0.2, 0.25) is 0 Å². The molecule has 4 nitrogen and oxygen atoms in total. The summed E-state index contributed by atoms with van der Waals surface area (Å²) in [6, 6.07) is 7.52. The Kier molecular flexibility index (Phi) is 2.90. The molecule has 1 heterocycles. The second-order valence-corrected chi connectivity index (χ2v) is 4.77. The van der Waals surface area contributed by atoms with E-state index in [0.29, 0.717) is 16.6 Å². The Balaban J connectivity index is 2.23. The normalized spacial score (nSPS) is 11.0. The Labute approximate surface area is 119 Å². The molecule has 0 saturated carbocycles. The van der Waals surface area contributed by atoms with Gasteiger partial charge < -0.3 is 14.6 Å². The number of nitrogens with zero attached hydrogens (tertiary/aromatic N) is 1. The molecule has 106 valence electrons. The molecule has 0 aliphatic carbocycles. The maximum Gasteiger partial charge on any atom is 0.227 e. The van der Waals surface area contributed by atoms with Crippen molar-refractivity contribution in [1.82, 2.24) is 4.98 Å². The summed E-state index contributed by atoms with van der Waals surface area (Å²) in [6.07, 6.45) is 0. The second kappa shape index (κ2) is 4.63. The fraction of sp³-hybridized carbons (Fsp3) is 0.0625. The molecule has 3 aromatic rings. The van der Waals surface area contributed by atoms with E-state index in [4.69, 9.17) is 4.42 Å². The summed E-state index contributed by atoms with van der Waals surface area (Å²) >= 11 is 0. The van der Waals surface area contributed by atoms with Crippen LogP contribution in [-0.2, 0) is 0 Å². The van der Waals surface area contributed by atoms with Crippen LogP contribution in [0.15, 0.2) is 41.3 Å². The van der Waals surface area contributed by atoms with Crippen LogP contribution in [0.1, 0.15) is 11.1 Å². The predicted molar refractivity (Wildman–Crippen MR) is 77.7 cm³/mol. The van der Waals surface area contributed by atoms with Gasteiger partial charge in [-0.25, -0.2) is 9.37 Å². The monoisotopic (exact) mass is 285 g/mol. The lowest BCUT2D eigenvalue weighted by molar-refractivity contribution is 0.471. The molecule has 0 aliphatic rings. The quantitative estimate of drug-likeness (QED) is 0.742. The maximum absolute atomic E-state index is 13.4. The number of halogens is 1. The number of phenols is 2. The summed E-state index contributed by atoms with van der Waals surface area (Å²) < 4.78 is 19.0. The van der Waals surface area contributed by atoms with Crippen LogP contribution in [0.3, 0.4) is 0 Å². The Hall–Kier alpha value is -2.82. The number of benzene rings is 2. The highest BCUT2D eigenvalue weighted by Gasteiger charge is 2.15. The van der Waals surface area contributed by atoms with Gasteiger partial charge in [-0.05, 0) is 36.8 Å². The average Bonchev–Trinajstić information content (AvgIpc) is 2.84. The summed E-state index contributed by atoms with van der Waals surface area (Å²) in [5.41, 5.74) is 1.95. The molecule has 21 heavy (non-hydrogen) atoms. The van der Waals surface area contributed by atoms with Crippen molar-refractivity contribution >= 4 is 16.9 Å². The zero-order valence-electron chi connectivity index (χ0n) is 11.2. The number of rotatable bonds is 2. The first kappa shape index (κ1) is 13.2. The Morgan fingerprint density at radius 3 is 2.67 bits per heavy atom. The fourth-order valence-corrected chi connectivity index (χ4v) is 2.13. The third-order valence-electron chi connectivity index (χ3n) is 3.21. The summed E-state index contributed by atoms with van der Waals surface area (Å²) in [5, 5.41) is 19.1. The molecule has 1 aromatic heterocycles. The Bertz CT molecular complexity index is 867. The number of oxazole rings is 1. The second-order valence-electron chi connectivity index (χ2n) is 4.77. The van der Waals surface area contributed by atoms with E-state index in [-0.39, 0.29) is 28.5 Å². The molecule has 0 radical (unpaired) electrons. The number of hydrogen-bond acceptors (Lipinski definition) is 4. The van der Waals surface area contributed by atoms with E-state index in [0.717, 1.165) is 0 Å². The molecular formula is C16H12FNO3. The lowest BCUT2D eigenvalue weighted by Crippen LogP contribution is -1.80. The van der Waals surface area contributed by atoms with Crippen LogP contribution in [0.4, 0.5) is 4.39 Å². The van der Waals surface area contributed by atoms with Crippen LogP contribution in [0, 0.1) is 6.92 Å². The van der Waals surface area contributed by atoms with E-state index in [2.05, 4.69) is 11.6 Å². The highest BCUT2D eigenvalue weighted by molar-refractivity contribution is 5.88. The number of hydrogen-bond donors (Lipinski definition) is 2. The van der Waals surface area contributed by atoms with E-state index < -0.39 is 5.83 Å². The minimum absolute atomic E-state index is 0.0688. The molecule has 0 unspecified atom stereocenters. The van der Waals surface area contributed by atoms with Crippen molar-refractivity contribution in [2.45, 2.75) is 6.92 Å². The first-order chi connectivity index (χ1) is 9.95. The van der Waals surface area contributed by atoms with Gasteiger partial charge in [-0.1, -0.05) is 6.58 Å². The summed E-state index contributed by atoms with van der Waals surface area (Å²) in [4.78, 5) is 4.24. The number of aryl methyl sites for hydroxylation is 1. The molecule has 0 spiro atoms. The van der Waals surface area contributed by atoms with Gasteiger partial charge in [-0.3, -0.25) is 0 Å². The first-order valence-electron chi connectivity index (χ1n) is 6.24. The number of aromatic nitrogens is 1. The van der Waals surface area contributed by atoms with Gasteiger partial charge in [0.25, 0.3) is 0 Å². The topological polar surface area (TPSA) is 66.5 Å². The van der Waals surface area contributed by atoms with Crippen molar-refractivity contribution < 1.29 is 19.0 Å². The van der Waals surface area contributed by atoms with Crippen LogP contribution in [-0.4, -0.2) is 15.2 Å². The lowest BCUT2D eigenvalue weighted by atomic mass is 10.1. The lowest BCUT2D eigenvalue weighted by Gasteiger charge is -2.00. The van der Waals surface area contributed by atoms with Gasteiger partial charge in [-0.2, -0.15) is 0 Å². The van der Waals surface area contributed by atoms with Crippen LogP contribution >= 0.6 is 0 Å². The van der Waals surface area contributed by atoms with Gasteiger partial charge in [0.2, 0.25) is 5.89 Å². The first-order valence-corrected chi connectivity index (χ1v) is 6.24. The van der Waals surface area contributed by atoms with Gasteiger partial charge in [0.05, 0.1) is 5.56 Å². The molecule has 5 heteroatoms. The van der Waals surface area contributed by atoms with E-state index in [1.165, 1.54) is 18.2 Å². The van der Waals surface area contributed by atoms with Crippen molar-refractivity contribution in [2.24, 2.45) is 0 Å². The minimum atomic E-state index is -0.708. The molecule has 0 fully saturated rings. The number of fused-ring (bicyclic) bond motifs is 1. The fourth-order valence-electron chi connectivity index (χ4n) is 2.13. The summed E-state index contributed by atoms with van der Waals surface area (Å²) in [6.45, 7) is 4.98. The zero-order chi connectivity index (χ0) is 15.1. The van der Waals surface area contributed by atoms with Crippen LogP contribution < -0.4 is 0 Å². The summed E-state index contributed by atoms with van der Waals surface area (Å²) in [5.74, 6) is -0.370. The molecule has 2 aromatic carbocycles. The smallest absolute Gasteiger partial charge is 0.227 e. The molecule has 3 rings (SSSR count). The average molecular weight is 285 g/mol. The Morgan fingerprint density at radius 2 is 2.00 bits per heavy atom. The maximum atomic E-state index is 13.4. The van der Waals surface area contributed by atoms with E-state index in [1.807, 2.05) is 0 Å². The van der Waals surface area contributed by atoms with Crippen LogP contribution in [0.5, 0.6) is 11.5 Å². The molecule has 2 N–H and O–H groups in total. The van der Waals surface area contributed by atoms with Gasteiger partial charge in [0.15, 0.2) is 5.58 Å². The predicted octanol–water partition coefficient (Wildman–Crippen LogP) is 4.15. The highest BCUT2D eigenvalue weighted by Crippen LogP contribution is 2.34. The van der Waals surface area contributed by atoms with Gasteiger partial charge in [-0.15, -0.1) is 0 Å². The Morgan fingerprint density at radius 1 is 1.24 bits per heavy atom. The van der Waals surface area contributed by atoms with Crippen molar-refractivity contribution in [3.05, 3.63) is 48.0 Å².